The van der Waals surface area contributed by atoms with Crippen molar-refractivity contribution >= 4 is 40.3 Å². The number of likely N-dealkylation sites (tertiary alicyclic amines) is 1. The predicted molar refractivity (Wildman–Crippen MR) is 177 cm³/mol. The lowest BCUT2D eigenvalue weighted by atomic mass is 10.0. The van der Waals surface area contributed by atoms with Gasteiger partial charge in [-0.3, -0.25) is 29.4 Å². The summed E-state index contributed by atoms with van der Waals surface area (Å²) in [6, 6.07) is 17.0. The molecule has 2 aromatic heterocycles. The highest BCUT2D eigenvalue weighted by atomic mass is 16.2. The maximum absolute atomic E-state index is 13.0. The van der Waals surface area contributed by atoms with E-state index in [-0.39, 0.29) is 24.1 Å². The van der Waals surface area contributed by atoms with Crippen molar-refractivity contribution in [3.05, 3.63) is 94.3 Å². The zero-order valence-corrected chi connectivity index (χ0v) is 26.3. The van der Waals surface area contributed by atoms with Crippen LogP contribution >= 0.6 is 0 Å². The van der Waals surface area contributed by atoms with Gasteiger partial charge in [0.2, 0.25) is 11.8 Å². The quantitative estimate of drug-likeness (QED) is 0.155. The molecule has 2 atom stereocenters. The Bertz CT molecular complexity index is 1950. The number of nitrogens with one attached hydrogen (secondary N) is 3. The Kier molecular flexibility index (Phi) is 8.31. The van der Waals surface area contributed by atoms with Crippen LogP contribution in [0.15, 0.2) is 60.8 Å². The van der Waals surface area contributed by atoms with Crippen LogP contribution in [0.1, 0.15) is 87.7 Å². The fourth-order valence-corrected chi connectivity index (χ4v) is 6.79. The predicted octanol–water partition coefficient (Wildman–Crippen LogP) is 4.72. The Labute approximate surface area is 272 Å². The third-order valence-corrected chi connectivity index (χ3v) is 9.39. The number of unbranched alkanes of at least 4 members (excludes halogenated alkanes) is 1. The van der Waals surface area contributed by atoms with Gasteiger partial charge in [-0.15, -0.1) is 0 Å². The molecule has 0 spiro atoms. The molecule has 4 aromatic rings. The van der Waals surface area contributed by atoms with Gasteiger partial charge in [-0.25, -0.2) is 4.98 Å². The molecule has 3 N–H and O–H groups in total. The van der Waals surface area contributed by atoms with Gasteiger partial charge in [0, 0.05) is 65.5 Å². The van der Waals surface area contributed by atoms with Crippen molar-refractivity contribution in [2.24, 2.45) is 0 Å². The number of aromatic nitrogens is 2. The number of piperidine rings is 1. The van der Waals surface area contributed by atoms with Crippen molar-refractivity contribution < 1.29 is 19.2 Å². The molecule has 238 valence electrons. The van der Waals surface area contributed by atoms with Crippen molar-refractivity contribution in [2.75, 3.05) is 18.9 Å². The number of carbonyl (C=O) groups excluding carboxylic acids is 4. The van der Waals surface area contributed by atoms with Crippen LogP contribution in [0.3, 0.4) is 0 Å². The van der Waals surface area contributed by atoms with Gasteiger partial charge in [-0.05, 0) is 87.2 Å². The summed E-state index contributed by atoms with van der Waals surface area (Å²) in [4.78, 5) is 61.6. The minimum absolute atomic E-state index is 0.200. The van der Waals surface area contributed by atoms with Crippen LogP contribution in [-0.4, -0.2) is 63.0 Å². The topological polar surface area (TPSA) is 128 Å². The summed E-state index contributed by atoms with van der Waals surface area (Å²) in [5, 5.41) is 6.29. The Morgan fingerprint density at radius 3 is 2.68 bits per heavy atom. The smallest absolute Gasteiger partial charge is 0.256 e. The van der Waals surface area contributed by atoms with Crippen LogP contribution in [-0.2, 0) is 22.6 Å². The molecule has 47 heavy (non-hydrogen) atoms. The van der Waals surface area contributed by atoms with Crippen LogP contribution < -0.4 is 10.6 Å². The molecule has 2 saturated heterocycles. The number of nitrogens with zero attached hydrogens (tertiary/aromatic N) is 3. The molecule has 3 aliphatic heterocycles. The highest BCUT2D eigenvalue weighted by Gasteiger charge is 2.39. The first-order valence-corrected chi connectivity index (χ1v) is 16.2. The lowest BCUT2D eigenvalue weighted by Gasteiger charge is -2.29. The highest BCUT2D eigenvalue weighted by Crippen LogP contribution is 2.32. The molecule has 2 aromatic carbocycles. The fourth-order valence-electron chi connectivity index (χ4n) is 6.79. The first-order valence-electron chi connectivity index (χ1n) is 16.2. The standard InChI is InChI=1S/C37H36N6O4/c1-42-17-5-8-31(42)30-19-27-21-38-33(20-29(27)39-30)40-35(45)25-12-9-23(10-13-25)6-3-2-4-7-24-11-14-26-22-43(37(47)28(26)18-24)32-15-16-34(44)41-36(32)46/h9-14,18-21,31-32,39H,2-3,5-6,8,15-17,22H2,1H3,(H,38,40,45)(H,41,44,46)/t31-,32?/m1/s1. The van der Waals surface area contributed by atoms with E-state index < -0.39 is 11.9 Å². The molecule has 5 heterocycles. The van der Waals surface area contributed by atoms with Crippen LogP contribution in [0.2, 0.25) is 0 Å². The van der Waals surface area contributed by atoms with Crippen molar-refractivity contribution in [1.82, 2.24) is 25.1 Å². The summed E-state index contributed by atoms with van der Waals surface area (Å²) in [5.41, 5.74) is 6.02. The zero-order chi connectivity index (χ0) is 32.5. The average molecular weight is 629 g/mol. The minimum Gasteiger partial charge on any atom is -0.357 e. The van der Waals surface area contributed by atoms with Gasteiger partial charge in [0.1, 0.15) is 11.9 Å². The number of hydrogen-bond acceptors (Lipinski definition) is 6. The summed E-state index contributed by atoms with van der Waals surface area (Å²) in [6.45, 7) is 1.46. The molecule has 0 saturated carbocycles. The summed E-state index contributed by atoms with van der Waals surface area (Å²) >= 11 is 0. The van der Waals surface area contributed by atoms with Crippen LogP contribution in [0.5, 0.6) is 0 Å². The van der Waals surface area contributed by atoms with E-state index in [0.29, 0.717) is 42.4 Å². The van der Waals surface area contributed by atoms with Crippen LogP contribution in [0, 0.1) is 11.8 Å². The second-order valence-electron chi connectivity index (χ2n) is 12.6. The number of pyridine rings is 1. The van der Waals surface area contributed by atoms with E-state index in [9.17, 15) is 19.2 Å². The zero-order valence-electron chi connectivity index (χ0n) is 26.3. The second-order valence-corrected chi connectivity index (χ2v) is 12.6. The number of aryl methyl sites for hydroxylation is 1. The largest absolute Gasteiger partial charge is 0.357 e. The first-order chi connectivity index (χ1) is 22.8. The fraction of sp³-hybridized carbons (Fsp3) is 0.324. The number of imide groups is 1. The Morgan fingerprint density at radius 2 is 1.89 bits per heavy atom. The van der Waals surface area contributed by atoms with Gasteiger partial charge in [-0.1, -0.05) is 30.0 Å². The van der Waals surface area contributed by atoms with Gasteiger partial charge in [0.25, 0.3) is 11.8 Å². The number of hydrogen-bond donors (Lipinski definition) is 3. The number of aromatic amines is 1. The normalized spacial score (nSPS) is 19.4. The number of anilines is 1. The van der Waals surface area contributed by atoms with Gasteiger partial charge in [0.15, 0.2) is 0 Å². The number of fused-ring (bicyclic) bond motifs is 2. The summed E-state index contributed by atoms with van der Waals surface area (Å²) in [6.07, 6.45) is 7.06. The van der Waals surface area contributed by atoms with E-state index in [1.54, 1.807) is 17.2 Å². The van der Waals surface area contributed by atoms with Crippen molar-refractivity contribution in [2.45, 2.75) is 63.6 Å². The Balaban J connectivity index is 0.896. The molecule has 0 bridgehead atoms. The number of amides is 4. The number of rotatable bonds is 7. The van der Waals surface area contributed by atoms with Crippen LogP contribution in [0.25, 0.3) is 10.9 Å². The molecule has 10 nitrogen and oxygen atoms in total. The van der Waals surface area contributed by atoms with Crippen molar-refractivity contribution in [3.63, 3.8) is 0 Å². The third-order valence-electron chi connectivity index (χ3n) is 9.39. The molecule has 3 aliphatic rings. The van der Waals surface area contributed by atoms with E-state index in [1.807, 2.05) is 42.5 Å². The molecule has 1 unspecified atom stereocenters. The lowest BCUT2D eigenvalue weighted by molar-refractivity contribution is -0.136. The van der Waals surface area contributed by atoms with Crippen LogP contribution in [0.4, 0.5) is 5.82 Å². The van der Waals surface area contributed by atoms with Gasteiger partial charge in [0.05, 0.1) is 5.52 Å². The summed E-state index contributed by atoms with van der Waals surface area (Å²) in [5.74, 6) is 5.76. The van der Waals surface area contributed by atoms with Gasteiger partial charge < -0.3 is 15.2 Å². The number of benzene rings is 2. The molecule has 10 heteroatoms. The highest BCUT2D eigenvalue weighted by molar-refractivity contribution is 6.06. The number of H-pyrrole nitrogens is 1. The van der Waals surface area contributed by atoms with Crippen molar-refractivity contribution in [3.8, 4) is 11.8 Å². The van der Waals surface area contributed by atoms with E-state index in [2.05, 4.69) is 50.5 Å². The molecular weight excluding hydrogens is 592 g/mol. The van der Waals surface area contributed by atoms with E-state index >= 15 is 0 Å². The lowest BCUT2D eigenvalue weighted by Crippen LogP contribution is -2.52. The molecular formula is C37H36N6O4. The average Bonchev–Trinajstić information content (AvgIpc) is 3.77. The maximum Gasteiger partial charge on any atom is 0.256 e. The SMILES string of the molecule is CN1CCC[C@@H]1c1cc2cnc(NC(=O)c3ccc(CCCC#Cc4ccc5c(c4)C(=O)N(C4CCC(=O)NC4=O)C5)cc3)cc2[nH]1. The molecule has 7 rings (SSSR count). The van der Waals surface area contributed by atoms with E-state index in [0.717, 1.165) is 53.4 Å². The maximum atomic E-state index is 13.0. The molecule has 0 radical (unpaired) electrons. The van der Waals surface area contributed by atoms with Gasteiger partial charge >= 0.3 is 0 Å². The summed E-state index contributed by atoms with van der Waals surface area (Å²) < 4.78 is 0. The summed E-state index contributed by atoms with van der Waals surface area (Å²) in [7, 11) is 2.15. The molecule has 4 amide bonds. The molecule has 2 fully saturated rings. The number of carbonyl (C=O) groups is 4. The first kappa shape index (κ1) is 30.4. The minimum atomic E-state index is -0.625. The van der Waals surface area contributed by atoms with E-state index in [4.69, 9.17) is 0 Å². The molecule has 0 aliphatic carbocycles. The van der Waals surface area contributed by atoms with Gasteiger partial charge in [-0.2, -0.15) is 0 Å². The van der Waals surface area contributed by atoms with Crippen molar-refractivity contribution in [1.29, 1.82) is 0 Å². The Hall–Kier alpha value is -5.27. The second kappa shape index (κ2) is 12.9. The third kappa shape index (κ3) is 6.40. The monoisotopic (exact) mass is 628 g/mol. The Morgan fingerprint density at radius 1 is 1.04 bits per heavy atom. The van der Waals surface area contributed by atoms with E-state index in [1.165, 1.54) is 12.1 Å².